The van der Waals surface area contributed by atoms with Crippen LogP contribution in [0.4, 0.5) is 5.13 Å². The van der Waals surface area contributed by atoms with Crippen molar-refractivity contribution < 1.29 is 18.8 Å². The summed E-state index contributed by atoms with van der Waals surface area (Å²) in [4.78, 5) is 44.1. The molecule has 7 nitrogen and oxygen atoms in total. The van der Waals surface area contributed by atoms with Crippen molar-refractivity contribution in [1.29, 1.82) is 0 Å². The molecule has 2 aromatic heterocycles. The van der Waals surface area contributed by atoms with Crippen molar-refractivity contribution >= 4 is 34.1 Å². The molecule has 0 aromatic carbocycles. The normalized spacial score (nSPS) is 19.9. The monoisotopic (exact) mass is 373 g/mol. The van der Waals surface area contributed by atoms with Crippen LogP contribution in [0.2, 0.25) is 0 Å². The number of ketones is 1. The molecule has 8 heteroatoms. The van der Waals surface area contributed by atoms with Crippen LogP contribution in [0.3, 0.4) is 0 Å². The van der Waals surface area contributed by atoms with Crippen LogP contribution in [0.5, 0.6) is 0 Å². The Bertz CT molecular complexity index is 837. The Hall–Kier alpha value is -2.48. The molecule has 0 bridgehead atoms. The van der Waals surface area contributed by atoms with Crippen LogP contribution in [0.1, 0.15) is 51.6 Å². The summed E-state index contributed by atoms with van der Waals surface area (Å²) in [7, 11) is 0. The number of anilines is 1. The summed E-state index contributed by atoms with van der Waals surface area (Å²) < 4.78 is 5.05. The average molecular weight is 373 g/mol. The molecule has 1 atom stereocenters. The predicted molar refractivity (Wildman–Crippen MR) is 95.3 cm³/mol. The molecule has 0 spiro atoms. The van der Waals surface area contributed by atoms with Crippen molar-refractivity contribution in [2.24, 2.45) is 5.92 Å². The molecule has 1 fully saturated rings. The Kier molecular flexibility index (Phi) is 4.58. The molecular formula is C18H19N3O4S. The van der Waals surface area contributed by atoms with Crippen molar-refractivity contribution in [3.8, 4) is 0 Å². The summed E-state index contributed by atoms with van der Waals surface area (Å²) in [5.41, 5.74) is 0.608. The highest BCUT2D eigenvalue weighted by atomic mass is 32.1. The maximum Gasteiger partial charge on any atom is 0.293 e. The van der Waals surface area contributed by atoms with E-state index in [-0.39, 0.29) is 29.8 Å². The lowest BCUT2D eigenvalue weighted by molar-refractivity contribution is -0.136. The molecular weight excluding hydrogens is 354 g/mol. The van der Waals surface area contributed by atoms with E-state index in [0.717, 1.165) is 43.7 Å². The lowest BCUT2D eigenvalue weighted by atomic mass is 9.88. The number of fused-ring (bicyclic) bond motifs is 1. The Labute approximate surface area is 154 Å². The number of thiazole rings is 1. The lowest BCUT2D eigenvalue weighted by Gasteiger charge is -2.31. The topological polar surface area (TPSA) is 92.5 Å². The van der Waals surface area contributed by atoms with Gasteiger partial charge in [-0.3, -0.25) is 19.7 Å². The van der Waals surface area contributed by atoms with Crippen LogP contribution in [0.25, 0.3) is 0 Å². The molecule has 1 saturated heterocycles. The number of Topliss-reactive ketones (excluding diaryl/α,β-unsaturated/α-hetero) is 1. The second kappa shape index (κ2) is 7.03. The highest BCUT2D eigenvalue weighted by Gasteiger charge is 2.35. The van der Waals surface area contributed by atoms with Gasteiger partial charge in [-0.15, -0.1) is 0 Å². The second-order valence-corrected chi connectivity index (χ2v) is 7.64. The molecule has 0 radical (unpaired) electrons. The Balaban J connectivity index is 1.48. The number of hydrogen-bond acceptors (Lipinski definition) is 6. The van der Waals surface area contributed by atoms with Crippen molar-refractivity contribution in [2.45, 2.75) is 32.1 Å². The molecule has 0 saturated carbocycles. The number of likely N-dealkylation sites (tertiary alicyclic amines) is 1. The van der Waals surface area contributed by atoms with Crippen LogP contribution in [0, 0.1) is 5.92 Å². The van der Waals surface area contributed by atoms with E-state index in [2.05, 4.69) is 10.3 Å². The largest absolute Gasteiger partial charge is 0.459 e. The van der Waals surface area contributed by atoms with Gasteiger partial charge in [0.15, 0.2) is 16.7 Å². The molecule has 1 aliphatic heterocycles. The van der Waals surface area contributed by atoms with Crippen LogP contribution < -0.4 is 5.32 Å². The van der Waals surface area contributed by atoms with E-state index in [1.807, 2.05) is 4.90 Å². The first-order valence-electron chi connectivity index (χ1n) is 8.78. The number of piperidine rings is 1. The number of hydrogen-bond donors (Lipinski definition) is 1. The number of nitrogens with zero attached hydrogens (tertiary/aromatic N) is 2. The maximum absolute atomic E-state index is 12.7. The van der Waals surface area contributed by atoms with Crippen molar-refractivity contribution in [3.05, 3.63) is 34.7 Å². The van der Waals surface area contributed by atoms with Gasteiger partial charge in [0.1, 0.15) is 0 Å². The summed E-state index contributed by atoms with van der Waals surface area (Å²) in [5, 5.41) is 3.01. The summed E-state index contributed by atoms with van der Waals surface area (Å²) in [6.45, 7) is 1.55. The molecule has 136 valence electrons. The smallest absolute Gasteiger partial charge is 0.293 e. The first kappa shape index (κ1) is 17.0. The van der Waals surface area contributed by atoms with E-state index >= 15 is 0 Å². The van der Waals surface area contributed by atoms with Crippen molar-refractivity contribution in [3.63, 3.8) is 0 Å². The van der Waals surface area contributed by atoms with E-state index in [9.17, 15) is 14.4 Å². The molecule has 1 aliphatic carbocycles. The Morgan fingerprint density at radius 3 is 2.77 bits per heavy atom. The highest BCUT2D eigenvalue weighted by molar-refractivity contribution is 7.17. The first-order valence-corrected chi connectivity index (χ1v) is 9.60. The van der Waals surface area contributed by atoms with Crippen LogP contribution >= 0.6 is 11.3 Å². The standard InChI is InChI=1S/C18H19N3O4S/c22-13-10-11(17(24)21-6-2-1-3-7-21)9-12-15(13)26-18(19-12)20-16(23)14-5-4-8-25-14/h4-5,8,11H,1-3,6-7,9-10H2,(H,19,20,23). The van der Waals surface area contributed by atoms with Crippen LogP contribution in [-0.2, 0) is 11.2 Å². The average Bonchev–Trinajstić information content (AvgIpc) is 3.31. The molecule has 26 heavy (non-hydrogen) atoms. The second-order valence-electron chi connectivity index (χ2n) is 6.64. The van der Waals surface area contributed by atoms with Gasteiger partial charge in [-0.2, -0.15) is 0 Å². The summed E-state index contributed by atoms with van der Waals surface area (Å²) in [6.07, 6.45) is 5.29. The third kappa shape index (κ3) is 3.29. The first-order chi connectivity index (χ1) is 12.6. The molecule has 1 unspecified atom stereocenters. The SMILES string of the molecule is O=C(Nc1nc2c(s1)C(=O)CC(C(=O)N1CCCCC1)C2)c1ccco1. The number of nitrogens with one attached hydrogen (secondary N) is 1. The van der Waals surface area contributed by atoms with Gasteiger partial charge in [0.25, 0.3) is 5.91 Å². The van der Waals surface area contributed by atoms with Gasteiger partial charge in [-0.05, 0) is 31.4 Å². The Morgan fingerprint density at radius 1 is 1.23 bits per heavy atom. The van der Waals surface area contributed by atoms with Gasteiger partial charge in [0.2, 0.25) is 5.91 Å². The number of rotatable bonds is 3. The summed E-state index contributed by atoms with van der Waals surface area (Å²) in [6, 6.07) is 3.18. The van der Waals surface area contributed by atoms with E-state index < -0.39 is 5.91 Å². The molecule has 4 rings (SSSR count). The third-order valence-corrected chi connectivity index (χ3v) is 5.86. The van der Waals surface area contributed by atoms with Crippen molar-refractivity contribution in [1.82, 2.24) is 9.88 Å². The van der Waals surface area contributed by atoms with Crippen molar-refractivity contribution in [2.75, 3.05) is 18.4 Å². The highest BCUT2D eigenvalue weighted by Crippen LogP contribution is 2.33. The fourth-order valence-electron chi connectivity index (χ4n) is 3.50. The zero-order valence-electron chi connectivity index (χ0n) is 14.2. The third-order valence-electron chi connectivity index (χ3n) is 4.80. The van der Waals surface area contributed by atoms with Gasteiger partial charge >= 0.3 is 0 Å². The van der Waals surface area contributed by atoms with Gasteiger partial charge in [-0.1, -0.05) is 11.3 Å². The fourth-order valence-corrected chi connectivity index (χ4v) is 4.43. The molecule has 2 aromatic rings. The molecule has 2 amide bonds. The minimum absolute atomic E-state index is 0.0536. The Morgan fingerprint density at radius 2 is 2.04 bits per heavy atom. The van der Waals surface area contributed by atoms with Crippen LogP contribution in [0.15, 0.2) is 22.8 Å². The fraction of sp³-hybridized carbons (Fsp3) is 0.444. The van der Waals surface area contributed by atoms with E-state index in [1.165, 1.54) is 6.26 Å². The minimum Gasteiger partial charge on any atom is -0.459 e. The number of amides is 2. The number of carbonyl (C=O) groups is 3. The van der Waals surface area contributed by atoms with E-state index in [4.69, 9.17) is 4.42 Å². The van der Waals surface area contributed by atoms with Gasteiger partial charge < -0.3 is 9.32 Å². The molecule has 2 aliphatic rings. The van der Waals surface area contributed by atoms with E-state index in [1.54, 1.807) is 12.1 Å². The summed E-state index contributed by atoms with van der Waals surface area (Å²) in [5.74, 6) is -0.587. The number of carbonyl (C=O) groups excluding carboxylic acids is 3. The van der Waals surface area contributed by atoms with Gasteiger partial charge in [0, 0.05) is 25.9 Å². The number of furan rings is 1. The summed E-state index contributed by atoms with van der Waals surface area (Å²) >= 11 is 1.16. The maximum atomic E-state index is 12.7. The zero-order valence-corrected chi connectivity index (χ0v) is 15.0. The zero-order chi connectivity index (χ0) is 18.1. The lowest BCUT2D eigenvalue weighted by Crippen LogP contribution is -2.42. The van der Waals surface area contributed by atoms with Gasteiger partial charge in [0.05, 0.1) is 22.8 Å². The molecule has 1 N–H and O–H groups in total. The van der Waals surface area contributed by atoms with Gasteiger partial charge in [-0.25, -0.2) is 4.98 Å². The van der Waals surface area contributed by atoms with E-state index in [0.29, 0.717) is 22.1 Å². The van der Waals surface area contributed by atoms with Crippen LogP contribution in [-0.4, -0.2) is 40.6 Å². The minimum atomic E-state index is -0.408. The quantitative estimate of drug-likeness (QED) is 0.893. The number of aromatic nitrogens is 1. The molecule has 3 heterocycles. The predicted octanol–water partition coefficient (Wildman–Crippen LogP) is 2.75.